The summed E-state index contributed by atoms with van der Waals surface area (Å²) in [5, 5.41) is 11.0. The van der Waals surface area contributed by atoms with E-state index in [1.807, 2.05) is 18.2 Å². The van der Waals surface area contributed by atoms with Crippen LogP contribution in [0.2, 0.25) is 0 Å². The van der Waals surface area contributed by atoms with E-state index in [0.717, 1.165) is 15.8 Å². The van der Waals surface area contributed by atoms with Crippen molar-refractivity contribution in [2.24, 2.45) is 0 Å². The summed E-state index contributed by atoms with van der Waals surface area (Å²) in [4.78, 5) is 14.8. The Morgan fingerprint density at radius 1 is 1.17 bits per heavy atom. The van der Waals surface area contributed by atoms with E-state index in [4.69, 9.17) is 0 Å². The maximum atomic E-state index is 11.0. The number of benzene rings is 2. The molecule has 0 aliphatic carbocycles. The Morgan fingerprint density at radius 3 is 2.83 bits per heavy atom. The SMILES string of the molecule is O=[N+]([O-])c1ccccc1-c1ccc2ncsc2c1. The lowest BCUT2D eigenvalue weighted by atomic mass is 10.0. The van der Waals surface area contributed by atoms with Crippen LogP contribution >= 0.6 is 11.3 Å². The second-order valence-electron chi connectivity index (χ2n) is 3.81. The molecule has 1 aromatic heterocycles. The maximum Gasteiger partial charge on any atom is 0.277 e. The average molecular weight is 256 g/mol. The second kappa shape index (κ2) is 4.19. The third-order valence-electron chi connectivity index (χ3n) is 2.74. The van der Waals surface area contributed by atoms with Crippen molar-refractivity contribution in [2.75, 3.05) is 0 Å². The molecule has 0 spiro atoms. The zero-order valence-corrected chi connectivity index (χ0v) is 10.1. The number of hydrogen-bond donors (Lipinski definition) is 0. The summed E-state index contributed by atoms with van der Waals surface area (Å²) in [6, 6.07) is 12.5. The average Bonchev–Trinajstić information content (AvgIpc) is 2.85. The van der Waals surface area contributed by atoms with E-state index in [9.17, 15) is 10.1 Å². The van der Waals surface area contributed by atoms with Gasteiger partial charge in [-0.3, -0.25) is 10.1 Å². The zero-order valence-electron chi connectivity index (χ0n) is 9.24. The van der Waals surface area contributed by atoms with E-state index in [1.165, 1.54) is 17.4 Å². The van der Waals surface area contributed by atoms with Gasteiger partial charge in [0.05, 0.1) is 26.2 Å². The second-order valence-corrected chi connectivity index (χ2v) is 4.70. The molecule has 0 saturated heterocycles. The highest BCUT2D eigenvalue weighted by Gasteiger charge is 2.14. The summed E-state index contributed by atoms with van der Waals surface area (Å²) >= 11 is 1.53. The third kappa shape index (κ3) is 1.74. The predicted octanol–water partition coefficient (Wildman–Crippen LogP) is 3.87. The van der Waals surface area contributed by atoms with Crippen LogP contribution in [0.5, 0.6) is 0 Å². The molecule has 0 amide bonds. The van der Waals surface area contributed by atoms with Crippen LogP contribution in [0, 0.1) is 10.1 Å². The van der Waals surface area contributed by atoms with E-state index in [1.54, 1.807) is 23.7 Å². The first kappa shape index (κ1) is 10.9. The first-order valence-electron chi connectivity index (χ1n) is 5.33. The Bertz CT molecular complexity index is 736. The van der Waals surface area contributed by atoms with Gasteiger partial charge in [-0.1, -0.05) is 18.2 Å². The Labute approximate surface area is 107 Å². The van der Waals surface area contributed by atoms with Crippen molar-refractivity contribution >= 4 is 27.2 Å². The van der Waals surface area contributed by atoms with Crippen LogP contribution in [0.4, 0.5) is 5.69 Å². The van der Waals surface area contributed by atoms with Gasteiger partial charge in [-0.2, -0.15) is 0 Å². The molecule has 0 radical (unpaired) electrons. The topological polar surface area (TPSA) is 56.0 Å². The molecule has 3 rings (SSSR count). The largest absolute Gasteiger partial charge is 0.277 e. The molecular formula is C13H8N2O2S. The van der Waals surface area contributed by atoms with Crippen molar-refractivity contribution in [3.05, 3.63) is 58.1 Å². The number of fused-ring (bicyclic) bond motifs is 1. The van der Waals surface area contributed by atoms with E-state index in [0.29, 0.717) is 5.56 Å². The van der Waals surface area contributed by atoms with E-state index in [2.05, 4.69) is 4.98 Å². The van der Waals surface area contributed by atoms with E-state index < -0.39 is 0 Å². The lowest BCUT2D eigenvalue weighted by Crippen LogP contribution is -1.91. The van der Waals surface area contributed by atoms with E-state index >= 15 is 0 Å². The van der Waals surface area contributed by atoms with Crippen molar-refractivity contribution in [3.8, 4) is 11.1 Å². The third-order valence-corrected chi connectivity index (χ3v) is 3.53. The fourth-order valence-electron chi connectivity index (χ4n) is 1.90. The normalized spacial score (nSPS) is 10.7. The van der Waals surface area contributed by atoms with Crippen LogP contribution in [0.25, 0.3) is 21.3 Å². The zero-order chi connectivity index (χ0) is 12.5. The number of nitro groups is 1. The lowest BCUT2D eigenvalue weighted by molar-refractivity contribution is -0.384. The van der Waals surface area contributed by atoms with Crippen LogP contribution in [0.15, 0.2) is 48.0 Å². The van der Waals surface area contributed by atoms with Gasteiger partial charge in [0.15, 0.2) is 0 Å². The van der Waals surface area contributed by atoms with Crippen LogP contribution in [0.3, 0.4) is 0 Å². The first-order valence-corrected chi connectivity index (χ1v) is 6.21. The van der Waals surface area contributed by atoms with Gasteiger partial charge in [0.25, 0.3) is 5.69 Å². The first-order chi connectivity index (χ1) is 8.75. The summed E-state index contributed by atoms with van der Waals surface area (Å²) in [5.41, 5.74) is 4.30. The number of nitro benzene ring substituents is 1. The molecule has 0 aliphatic heterocycles. The quantitative estimate of drug-likeness (QED) is 0.516. The molecule has 0 aliphatic rings. The maximum absolute atomic E-state index is 11.0. The molecule has 1 heterocycles. The summed E-state index contributed by atoms with van der Waals surface area (Å²) in [6.45, 7) is 0. The number of nitrogens with zero attached hydrogens (tertiary/aromatic N) is 2. The molecule has 0 atom stereocenters. The minimum absolute atomic E-state index is 0.126. The van der Waals surface area contributed by atoms with Crippen molar-refractivity contribution in [3.63, 3.8) is 0 Å². The van der Waals surface area contributed by atoms with E-state index in [-0.39, 0.29) is 10.6 Å². The van der Waals surface area contributed by atoms with Crippen LogP contribution < -0.4 is 0 Å². The molecule has 0 saturated carbocycles. The highest BCUT2D eigenvalue weighted by molar-refractivity contribution is 7.16. The van der Waals surface area contributed by atoms with Crippen LogP contribution in [0.1, 0.15) is 0 Å². The van der Waals surface area contributed by atoms with Gasteiger partial charge in [-0.25, -0.2) is 4.98 Å². The van der Waals surface area contributed by atoms with Crippen molar-refractivity contribution in [1.82, 2.24) is 4.98 Å². The summed E-state index contributed by atoms with van der Waals surface area (Å²) < 4.78 is 1.03. The molecule has 2 aromatic carbocycles. The summed E-state index contributed by atoms with van der Waals surface area (Å²) in [6.07, 6.45) is 0. The summed E-state index contributed by atoms with van der Waals surface area (Å²) in [7, 11) is 0. The van der Waals surface area contributed by atoms with Gasteiger partial charge in [0.1, 0.15) is 0 Å². The van der Waals surface area contributed by atoms with Gasteiger partial charge in [-0.05, 0) is 23.8 Å². The highest BCUT2D eigenvalue weighted by atomic mass is 32.1. The van der Waals surface area contributed by atoms with Crippen molar-refractivity contribution in [1.29, 1.82) is 0 Å². The fraction of sp³-hybridized carbons (Fsp3) is 0. The smallest absolute Gasteiger partial charge is 0.258 e. The van der Waals surface area contributed by atoms with Crippen LogP contribution in [-0.2, 0) is 0 Å². The predicted molar refractivity (Wildman–Crippen MR) is 71.7 cm³/mol. The lowest BCUT2D eigenvalue weighted by Gasteiger charge is -2.02. The van der Waals surface area contributed by atoms with Crippen molar-refractivity contribution in [2.45, 2.75) is 0 Å². The Morgan fingerprint density at radius 2 is 2.00 bits per heavy atom. The molecule has 0 fully saturated rings. The number of hydrogen-bond acceptors (Lipinski definition) is 4. The molecule has 0 bridgehead atoms. The molecule has 3 aromatic rings. The van der Waals surface area contributed by atoms with Gasteiger partial charge in [0.2, 0.25) is 0 Å². The summed E-state index contributed by atoms with van der Waals surface area (Å²) in [5.74, 6) is 0. The van der Waals surface area contributed by atoms with Gasteiger partial charge in [-0.15, -0.1) is 11.3 Å². The van der Waals surface area contributed by atoms with Gasteiger partial charge >= 0.3 is 0 Å². The standard InChI is InChI=1S/C13H8N2O2S/c16-15(17)12-4-2-1-3-10(12)9-5-6-11-13(7-9)18-8-14-11/h1-8H. The number of aromatic nitrogens is 1. The van der Waals surface area contributed by atoms with Crippen LogP contribution in [-0.4, -0.2) is 9.91 Å². The molecule has 0 unspecified atom stereocenters. The molecule has 5 heteroatoms. The minimum atomic E-state index is -0.355. The fourth-order valence-corrected chi connectivity index (χ4v) is 2.62. The molecule has 0 N–H and O–H groups in total. The molecule has 18 heavy (non-hydrogen) atoms. The number of thiazole rings is 1. The van der Waals surface area contributed by atoms with Crippen molar-refractivity contribution < 1.29 is 4.92 Å². The highest BCUT2D eigenvalue weighted by Crippen LogP contribution is 2.32. The number of para-hydroxylation sites is 1. The monoisotopic (exact) mass is 256 g/mol. The number of rotatable bonds is 2. The molecule has 4 nitrogen and oxygen atoms in total. The Balaban J connectivity index is 2.22. The van der Waals surface area contributed by atoms with Gasteiger partial charge in [0, 0.05) is 6.07 Å². The van der Waals surface area contributed by atoms with Gasteiger partial charge < -0.3 is 0 Å². The Kier molecular flexibility index (Phi) is 2.53. The molecular weight excluding hydrogens is 248 g/mol. The molecule has 88 valence electrons. The minimum Gasteiger partial charge on any atom is -0.258 e. The Hall–Kier alpha value is -2.27.